The van der Waals surface area contributed by atoms with E-state index >= 15 is 0 Å². The van der Waals surface area contributed by atoms with Gasteiger partial charge in [0.25, 0.3) is 0 Å². The number of methoxy groups -OCH3 is 1. The van der Waals surface area contributed by atoms with Gasteiger partial charge < -0.3 is 15.0 Å². The van der Waals surface area contributed by atoms with E-state index in [1.165, 1.54) is 19.3 Å². The maximum Gasteiger partial charge on any atom is 0.204 e. The van der Waals surface area contributed by atoms with Crippen molar-refractivity contribution in [2.45, 2.75) is 19.3 Å². The van der Waals surface area contributed by atoms with E-state index in [1.807, 2.05) is 7.05 Å². The van der Waals surface area contributed by atoms with Crippen LogP contribution in [-0.4, -0.2) is 37.2 Å². The van der Waals surface area contributed by atoms with Gasteiger partial charge in [-0.15, -0.1) is 0 Å². The first-order valence-electron chi connectivity index (χ1n) is 5.68. The predicted molar refractivity (Wildman–Crippen MR) is 64.2 cm³/mol. The number of aromatic nitrogens is 2. The van der Waals surface area contributed by atoms with Gasteiger partial charge in [0.1, 0.15) is 6.33 Å². The molecular formula is C11H18N4O. The highest BCUT2D eigenvalue weighted by molar-refractivity contribution is 5.64. The third-order valence-electron chi connectivity index (χ3n) is 2.88. The molecule has 88 valence electrons. The van der Waals surface area contributed by atoms with Crippen LogP contribution < -0.4 is 15.0 Å². The first-order chi connectivity index (χ1) is 7.86. The second-order valence-electron chi connectivity index (χ2n) is 3.88. The Balaban J connectivity index is 2.30. The number of ether oxygens (including phenoxy) is 1. The summed E-state index contributed by atoms with van der Waals surface area (Å²) in [6, 6.07) is 0. The second kappa shape index (κ2) is 5.01. The van der Waals surface area contributed by atoms with Crippen molar-refractivity contribution in [1.29, 1.82) is 0 Å². The Morgan fingerprint density at radius 1 is 1.25 bits per heavy atom. The van der Waals surface area contributed by atoms with Crippen molar-refractivity contribution in [2.75, 3.05) is 37.5 Å². The topological polar surface area (TPSA) is 50.3 Å². The third kappa shape index (κ3) is 2.03. The molecule has 1 aromatic rings. The molecule has 5 heteroatoms. The van der Waals surface area contributed by atoms with Gasteiger partial charge in [0.05, 0.1) is 7.11 Å². The van der Waals surface area contributed by atoms with Gasteiger partial charge in [0.2, 0.25) is 5.75 Å². The molecule has 0 amide bonds. The van der Waals surface area contributed by atoms with Crippen LogP contribution in [0.15, 0.2) is 6.33 Å². The van der Waals surface area contributed by atoms with Crippen molar-refractivity contribution in [1.82, 2.24) is 9.97 Å². The quantitative estimate of drug-likeness (QED) is 0.840. The highest BCUT2D eigenvalue weighted by Crippen LogP contribution is 2.32. The molecule has 2 rings (SSSR count). The molecule has 0 bridgehead atoms. The molecule has 2 heterocycles. The zero-order chi connectivity index (χ0) is 11.4. The zero-order valence-electron chi connectivity index (χ0n) is 9.86. The molecule has 0 aliphatic carbocycles. The molecule has 16 heavy (non-hydrogen) atoms. The van der Waals surface area contributed by atoms with Crippen LogP contribution in [0.3, 0.4) is 0 Å². The molecule has 0 atom stereocenters. The fourth-order valence-corrected chi connectivity index (χ4v) is 2.06. The molecule has 1 aromatic heterocycles. The fraction of sp³-hybridized carbons (Fsp3) is 0.636. The van der Waals surface area contributed by atoms with Crippen molar-refractivity contribution >= 4 is 11.6 Å². The molecule has 1 aliphatic heterocycles. The van der Waals surface area contributed by atoms with Crippen molar-refractivity contribution < 1.29 is 4.74 Å². The van der Waals surface area contributed by atoms with E-state index in [2.05, 4.69) is 20.2 Å². The molecule has 5 nitrogen and oxygen atoms in total. The van der Waals surface area contributed by atoms with Crippen LogP contribution in [0.2, 0.25) is 0 Å². The number of nitrogens with zero attached hydrogens (tertiary/aromatic N) is 3. The Morgan fingerprint density at radius 2 is 2.00 bits per heavy atom. The summed E-state index contributed by atoms with van der Waals surface area (Å²) in [5.74, 6) is 2.39. The van der Waals surface area contributed by atoms with Gasteiger partial charge in [0.15, 0.2) is 11.6 Å². The lowest BCUT2D eigenvalue weighted by molar-refractivity contribution is 0.410. The summed E-state index contributed by atoms with van der Waals surface area (Å²) < 4.78 is 5.39. The minimum atomic E-state index is 0.743. The Bertz CT molecular complexity index is 350. The van der Waals surface area contributed by atoms with E-state index in [4.69, 9.17) is 4.74 Å². The standard InChI is InChI=1S/C11H18N4O/c1-12-10-9(16-2)11(14-8-13-10)15-6-4-3-5-7-15/h8H,3-7H2,1-2H3,(H,12,13,14). The SMILES string of the molecule is CNc1ncnc(N2CCCCC2)c1OC. The molecule has 0 radical (unpaired) electrons. The van der Waals surface area contributed by atoms with Crippen molar-refractivity contribution in [3.63, 3.8) is 0 Å². The minimum absolute atomic E-state index is 0.743. The van der Waals surface area contributed by atoms with Crippen molar-refractivity contribution in [2.24, 2.45) is 0 Å². The Morgan fingerprint density at radius 3 is 2.62 bits per heavy atom. The highest BCUT2D eigenvalue weighted by Gasteiger charge is 2.19. The van der Waals surface area contributed by atoms with Crippen LogP contribution in [0.4, 0.5) is 11.6 Å². The highest BCUT2D eigenvalue weighted by atomic mass is 16.5. The van der Waals surface area contributed by atoms with Crippen molar-refractivity contribution in [3.8, 4) is 5.75 Å². The van der Waals surface area contributed by atoms with E-state index in [1.54, 1.807) is 13.4 Å². The van der Waals surface area contributed by atoms with E-state index < -0.39 is 0 Å². The summed E-state index contributed by atoms with van der Waals surface area (Å²) in [4.78, 5) is 10.7. The summed E-state index contributed by atoms with van der Waals surface area (Å²) in [7, 11) is 3.50. The normalized spacial score (nSPS) is 16.0. The number of rotatable bonds is 3. The summed E-state index contributed by atoms with van der Waals surface area (Å²) >= 11 is 0. The molecule has 0 unspecified atom stereocenters. The Labute approximate surface area is 95.8 Å². The van der Waals surface area contributed by atoms with Gasteiger partial charge in [-0.3, -0.25) is 0 Å². The first-order valence-corrected chi connectivity index (χ1v) is 5.68. The average Bonchev–Trinajstić information content (AvgIpc) is 2.38. The fourth-order valence-electron chi connectivity index (χ4n) is 2.06. The van der Waals surface area contributed by atoms with E-state index in [9.17, 15) is 0 Å². The summed E-state index contributed by atoms with van der Waals surface area (Å²) in [6.45, 7) is 2.10. The summed E-state index contributed by atoms with van der Waals surface area (Å²) in [5, 5.41) is 3.02. The minimum Gasteiger partial charge on any atom is -0.490 e. The lowest BCUT2D eigenvalue weighted by atomic mass is 10.1. The zero-order valence-corrected chi connectivity index (χ0v) is 9.86. The number of piperidine rings is 1. The van der Waals surface area contributed by atoms with Crippen LogP contribution in [0.1, 0.15) is 19.3 Å². The van der Waals surface area contributed by atoms with Crippen LogP contribution in [0.25, 0.3) is 0 Å². The maximum absolute atomic E-state index is 5.39. The molecule has 0 saturated carbocycles. The molecular weight excluding hydrogens is 204 g/mol. The Kier molecular flexibility index (Phi) is 3.44. The van der Waals surface area contributed by atoms with Gasteiger partial charge in [-0.2, -0.15) is 0 Å². The van der Waals surface area contributed by atoms with Gasteiger partial charge >= 0.3 is 0 Å². The molecule has 1 saturated heterocycles. The van der Waals surface area contributed by atoms with E-state index in [-0.39, 0.29) is 0 Å². The molecule has 1 N–H and O–H groups in total. The third-order valence-corrected chi connectivity index (χ3v) is 2.88. The lowest BCUT2D eigenvalue weighted by Crippen LogP contribution is -2.30. The number of anilines is 2. The second-order valence-corrected chi connectivity index (χ2v) is 3.88. The number of hydrogen-bond acceptors (Lipinski definition) is 5. The van der Waals surface area contributed by atoms with Crippen molar-refractivity contribution in [3.05, 3.63) is 6.33 Å². The lowest BCUT2D eigenvalue weighted by Gasteiger charge is -2.29. The van der Waals surface area contributed by atoms with E-state index in [0.29, 0.717) is 0 Å². The number of nitrogens with one attached hydrogen (secondary N) is 1. The maximum atomic E-state index is 5.39. The van der Waals surface area contributed by atoms with Gasteiger partial charge in [-0.05, 0) is 19.3 Å². The van der Waals surface area contributed by atoms with E-state index in [0.717, 1.165) is 30.5 Å². The van der Waals surface area contributed by atoms with Crippen LogP contribution in [0.5, 0.6) is 5.75 Å². The molecule has 1 fully saturated rings. The van der Waals surface area contributed by atoms with Gasteiger partial charge in [-0.25, -0.2) is 9.97 Å². The van der Waals surface area contributed by atoms with Gasteiger partial charge in [-0.1, -0.05) is 0 Å². The summed E-state index contributed by atoms with van der Waals surface area (Å²) in [6.07, 6.45) is 5.34. The summed E-state index contributed by atoms with van der Waals surface area (Å²) in [5.41, 5.74) is 0. The average molecular weight is 222 g/mol. The molecule has 0 aromatic carbocycles. The largest absolute Gasteiger partial charge is 0.490 e. The molecule has 1 aliphatic rings. The smallest absolute Gasteiger partial charge is 0.204 e. The monoisotopic (exact) mass is 222 g/mol. The Hall–Kier alpha value is -1.52. The van der Waals surface area contributed by atoms with Crippen LogP contribution in [0, 0.1) is 0 Å². The van der Waals surface area contributed by atoms with Crippen LogP contribution >= 0.6 is 0 Å². The predicted octanol–water partition coefficient (Wildman–Crippen LogP) is 1.52. The first kappa shape index (κ1) is 11.0. The van der Waals surface area contributed by atoms with Crippen LogP contribution in [-0.2, 0) is 0 Å². The molecule has 0 spiro atoms. The van der Waals surface area contributed by atoms with Gasteiger partial charge in [0, 0.05) is 20.1 Å². The number of hydrogen-bond donors (Lipinski definition) is 1.